The third kappa shape index (κ3) is 7.12. The van der Waals surface area contributed by atoms with Gasteiger partial charge in [0, 0.05) is 67.7 Å². The van der Waals surface area contributed by atoms with Gasteiger partial charge in [0.25, 0.3) is 5.91 Å². The number of thioether (sulfide) groups is 1. The lowest BCUT2D eigenvalue weighted by Crippen LogP contribution is -2.48. The van der Waals surface area contributed by atoms with E-state index in [1.807, 2.05) is 34.9 Å². The van der Waals surface area contributed by atoms with Gasteiger partial charge >= 0.3 is 6.03 Å². The number of Topliss-reactive ketones (excluding diaryl/α,β-unsaturated/α-hetero) is 1. The van der Waals surface area contributed by atoms with Crippen LogP contribution in [0.15, 0.2) is 54.6 Å². The topological polar surface area (TPSA) is 111 Å². The van der Waals surface area contributed by atoms with Crippen molar-refractivity contribution in [1.82, 2.24) is 25.3 Å². The zero-order valence-corrected chi connectivity index (χ0v) is 28.3. The van der Waals surface area contributed by atoms with Crippen molar-refractivity contribution >= 4 is 35.4 Å². The van der Waals surface area contributed by atoms with Crippen LogP contribution in [0, 0.1) is 0 Å². The molecule has 4 atom stereocenters. The van der Waals surface area contributed by atoms with E-state index in [-0.39, 0.29) is 41.8 Å². The summed E-state index contributed by atoms with van der Waals surface area (Å²) in [5.41, 5.74) is 4.69. The fraction of sp³-hybridized carbons (Fsp3) is 0.514. The molecule has 7 rings (SSSR count). The minimum absolute atomic E-state index is 0.0475. The van der Waals surface area contributed by atoms with Crippen LogP contribution in [0.4, 0.5) is 4.79 Å². The number of fused-ring (bicyclic) bond motifs is 2. The molecule has 0 aromatic heterocycles. The molecular weight excluding hydrogens is 627 g/mol. The summed E-state index contributed by atoms with van der Waals surface area (Å²) in [4.78, 5) is 56.4. The number of ketones is 1. The number of hydrogen-bond acceptors (Lipinski definition) is 7. The Bertz CT molecular complexity index is 1570. The summed E-state index contributed by atoms with van der Waals surface area (Å²) in [5.74, 6) is 1.89. The minimum Gasteiger partial charge on any atom is -0.489 e. The van der Waals surface area contributed by atoms with Crippen molar-refractivity contribution in [2.45, 2.75) is 88.0 Å². The van der Waals surface area contributed by atoms with Gasteiger partial charge in [0.2, 0.25) is 5.91 Å². The van der Waals surface area contributed by atoms with Gasteiger partial charge in [-0.05, 0) is 48.9 Å². The third-order valence-electron chi connectivity index (χ3n) is 10.5. The SMILES string of the molecule is C=C1CCC(N2Cc3c(OCc4ccc(CN5CCN(C(=O)CCCCC6SCC7NC(=O)NC76)CC5)cc4)cccc3C2=O)C(=O)C1. The van der Waals surface area contributed by atoms with Crippen molar-refractivity contribution in [3.63, 3.8) is 0 Å². The Balaban J connectivity index is 0.826. The van der Waals surface area contributed by atoms with Crippen LogP contribution in [0.3, 0.4) is 0 Å². The number of allylic oxidation sites excluding steroid dienone is 1. The molecule has 1 aliphatic carbocycles. The zero-order chi connectivity index (χ0) is 33.2. The Labute approximate surface area is 286 Å². The average molecular weight is 672 g/mol. The van der Waals surface area contributed by atoms with Gasteiger partial charge < -0.3 is 25.2 Å². The maximum absolute atomic E-state index is 13.2. The first kappa shape index (κ1) is 32.7. The fourth-order valence-corrected chi connectivity index (χ4v) is 9.28. The van der Waals surface area contributed by atoms with Crippen molar-refractivity contribution in [2.75, 3.05) is 31.9 Å². The molecule has 4 fully saturated rings. The van der Waals surface area contributed by atoms with Gasteiger partial charge in [0.1, 0.15) is 12.4 Å². The molecule has 1 saturated carbocycles. The van der Waals surface area contributed by atoms with Gasteiger partial charge in [-0.3, -0.25) is 19.3 Å². The fourth-order valence-electron chi connectivity index (χ4n) is 7.74. The molecule has 48 heavy (non-hydrogen) atoms. The lowest BCUT2D eigenvalue weighted by Gasteiger charge is -2.35. The first-order valence-corrected chi connectivity index (χ1v) is 18.4. The summed E-state index contributed by atoms with van der Waals surface area (Å²) in [7, 11) is 0. The normalized spacial score (nSPS) is 25.6. The molecule has 2 N–H and O–H groups in total. The van der Waals surface area contributed by atoms with Crippen LogP contribution in [0.2, 0.25) is 0 Å². The highest BCUT2D eigenvalue weighted by Gasteiger charge is 2.42. The predicted octanol–water partition coefficient (Wildman–Crippen LogP) is 4.27. The van der Waals surface area contributed by atoms with Gasteiger partial charge in [-0.1, -0.05) is 48.9 Å². The molecule has 2 aromatic carbocycles. The van der Waals surface area contributed by atoms with Crippen molar-refractivity contribution in [2.24, 2.45) is 0 Å². The summed E-state index contributed by atoms with van der Waals surface area (Å²) >= 11 is 1.93. The Morgan fingerprint density at radius 2 is 1.77 bits per heavy atom. The van der Waals surface area contributed by atoms with Crippen LogP contribution < -0.4 is 15.4 Å². The summed E-state index contributed by atoms with van der Waals surface area (Å²) < 4.78 is 6.22. The summed E-state index contributed by atoms with van der Waals surface area (Å²) in [6.45, 7) is 8.82. The van der Waals surface area contributed by atoms with E-state index in [4.69, 9.17) is 4.74 Å². The van der Waals surface area contributed by atoms with Gasteiger partial charge in [-0.25, -0.2) is 4.79 Å². The number of piperazine rings is 1. The monoisotopic (exact) mass is 671 g/mol. The van der Waals surface area contributed by atoms with E-state index in [0.29, 0.717) is 49.0 Å². The van der Waals surface area contributed by atoms with E-state index in [1.165, 1.54) is 5.56 Å². The predicted molar refractivity (Wildman–Crippen MR) is 185 cm³/mol. The van der Waals surface area contributed by atoms with Gasteiger partial charge in [0.05, 0.1) is 24.7 Å². The van der Waals surface area contributed by atoms with E-state index >= 15 is 0 Å². The van der Waals surface area contributed by atoms with Gasteiger partial charge in [-0.2, -0.15) is 11.8 Å². The second kappa shape index (κ2) is 14.3. The average Bonchev–Trinajstić information content (AvgIpc) is 3.75. The summed E-state index contributed by atoms with van der Waals surface area (Å²) in [5, 5.41) is 6.48. The number of hydrogen-bond donors (Lipinski definition) is 2. The molecule has 4 aliphatic heterocycles. The lowest BCUT2D eigenvalue weighted by atomic mass is 9.90. The largest absolute Gasteiger partial charge is 0.489 e. The number of benzene rings is 2. The highest BCUT2D eigenvalue weighted by Crippen LogP contribution is 2.36. The quantitative estimate of drug-likeness (QED) is 0.209. The zero-order valence-electron chi connectivity index (χ0n) is 27.5. The highest BCUT2D eigenvalue weighted by molar-refractivity contribution is 8.00. The van der Waals surface area contributed by atoms with Crippen LogP contribution >= 0.6 is 11.8 Å². The van der Waals surface area contributed by atoms with E-state index in [2.05, 4.69) is 46.4 Å². The molecule has 254 valence electrons. The van der Waals surface area contributed by atoms with Crippen molar-refractivity contribution in [3.05, 3.63) is 76.9 Å². The van der Waals surface area contributed by atoms with Crippen LogP contribution in [0.1, 0.15) is 72.0 Å². The number of ether oxygens (including phenoxy) is 1. The second-order valence-electron chi connectivity index (χ2n) is 13.8. The minimum atomic E-state index is -0.388. The van der Waals surface area contributed by atoms with Crippen molar-refractivity contribution in [3.8, 4) is 5.75 Å². The van der Waals surface area contributed by atoms with Crippen LogP contribution in [-0.2, 0) is 29.3 Å². The Kier molecular flexibility index (Phi) is 9.77. The Morgan fingerprint density at radius 3 is 2.56 bits per heavy atom. The molecule has 4 unspecified atom stereocenters. The number of carbonyl (C=O) groups is 4. The molecule has 5 aliphatic rings. The molecule has 0 bridgehead atoms. The van der Waals surface area contributed by atoms with Crippen LogP contribution in [-0.4, -0.2) is 93.6 Å². The maximum Gasteiger partial charge on any atom is 0.315 e. The molecular formula is C37H45N5O5S. The second-order valence-corrected chi connectivity index (χ2v) is 15.1. The van der Waals surface area contributed by atoms with E-state index in [9.17, 15) is 19.2 Å². The highest BCUT2D eigenvalue weighted by atomic mass is 32.2. The Morgan fingerprint density at radius 1 is 0.979 bits per heavy atom. The summed E-state index contributed by atoms with van der Waals surface area (Å²) in [6, 6.07) is 14.1. The van der Waals surface area contributed by atoms with E-state index in [1.54, 1.807) is 4.90 Å². The lowest BCUT2D eigenvalue weighted by molar-refractivity contribution is -0.133. The molecule has 11 heteroatoms. The standard InChI is InChI=1S/C37H45N5O5S/c1-24-9-14-30(31(43)19-24)42-21-28-27(36(42)45)5-4-6-32(28)47-22-26-12-10-25(11-13-26)20-40-15-17-41(18-16-40)34(44)8-3-2-7-33-35-29(23-48-33)38-37(46)39-35/h4-6,10-13,29-30,33,35H,1-3,7-9,14-23H2,(H2,38,39,46). The number of rotatable bonds is 11. The van der Waals surface area contributed by atoms with Gasteiger partial charge in [-0.15, -0.1) is 0 Å². The van der Waals surface area contributed by atoms with E-state index < -0.39 is 0 Å². The third-order valence-corrected chi connectivity index (χ3v) is 12.0. The first-order valence-electron chi connectivity index (χ1n) is 17.3. The molecule has 4 heterocycles. The molecule has 0 spiro atoms. The number of urea groups is 1. The van der Waals surface area contributed by atoms with Crippen molar-refractivity contribution in [1.29, 1.82) is 0 Å². The Hall–Kier alpha value is -3.83. The van der Waals surface area contributed by atoms with E-state index in [0.717, 1.165) is 80.9 Å². The first-order chi connectivity index (χ1) is 23.3. The smallest absolute Gasteiger partial charge is 0.315 e. The van der Waals surface area contributed by atoms with Gasteiger partial charge in [0.15, 0.2) is 5.78 Å². The molecule has 3 saturated heterocycles. The molecule has 10 nitrogen and oxygen atoms in total. The number of unbranched alkanes of at least 4 members (excludes halogenated alkanes) is 1. The number of nitrogens with one attached hydrogen (secondary N) is 2. The van der Waals surface area contributed by atoms with Crippen molar-refractivity contribution < 1.29 is 23.9 Å². The number of amides is 4. The van der Waals surface area contributed by atoms with Crippen LogP contribution in [0.5, 0.6) is 5.75 Å². The maximum atomic E-state index is 13.2. The van der Waals surface area contributed by atoms with Crippen LogP contribution in [0.25, 0.3) is 0 Å². The number of carbonyl (C=O) groups excluding carboxylic acids is 4. The summed E-state index contributed by atoms with van der Waals surface area (Å²) in [6.07, 6.45) is 5.30. The molecule has 2 aromatic rings. The molecule has 4 amide bonds. The molecule has 0 radical (unpaired) electrons. The number of nitrogens with zero attached hydrogens (tertiary/aromatic N) is 3.